The van der Waals surface area contributed by atoms with Crippen molar-refractivity contribution in [2.75, 3.05) is 5.32 Å². The first-order valence-electron chi connectivity index (χ1n) is 10.8. The van der Waals surface area contributed by atoms with Gasteiger partial charge in [-0.25, -0.2) is 0 Å². The third-order valence-electron chi connectivity index (χ3n) is 5.94. The molecule has 31 heavy (non-hydrogen) atoms. The van der Waals surface area contributed by atoms with Crippen LogP contribution in [0.1, 0.15) is 48.2 Å². The van der Waals surface area contributed by atoms with Gasteiger partial charge in [0.15, 0.2) is 5.43 Å². The zero-order valence-corrected chi connectivity index (χ0v) is 18.4. The molecule has 1 saturated carbocycles. The van der Waals surface area contributed by atoms with E-state index in [1.165, 1.54) is 19.3 Å². The number of halogens is 1. The minimum Gasteiger partial charge on any atom is -0.342 e. The second kappa shape index (κ2) is 9.48. The van der Waals surface area contributed by atoms with Crippen LogP contribution in [0.15, 0.2) is 59.5 Å². The summed E-state index contributed by atoms with van der Waals surface area (Å²) in [5, 5.41) is 3.24. The van der Waals surface area contributed by atoms with Gasteiger partial charge in [0.2, 0.25) is 0 Å². The molecule has 0 atom stereocenters. The number of benzene rings is 1. The number of para-hydroxylation sites is 1. The molecule has 0 saturated heterocycles. The third-order valence-corrected chi connectivity index (χ3v) is 6.27. The first-order valence-corrected chi connectivity index (χ1v) is 11.1. The Hall–Kier alpha value is -2.92. The molecule has 1 aliphatic rings. The summed E-state index contributed by atoms with van der Waals surface area (Å²) in [4.78, 5) is 30.9. The van der Waals surface area contributed by atoms with Crippen molar-refractivity contribution in [3.05, 3.63) is 81.2 Å². The van der Waals surface area contributed by atoms with Gasteiger partial charge in [0.25, 0.3) is 5.91 Å². The second-order valence-corrected chi connectivity index (χ2v) is 8.54. The molecular weight excluding hydrogens is 410 g/mol. The van der Waals surface area contributed by atoms with E-state index in [0.29, 0.717) is 28.0 Å². The van der Waals surface area contributed by atoms with E-state index in [4.69, 9.17) is 11.6 Å². The average Bonchev–Trinajstić information content (AvgIpc) is 2.78. The van der Waals surface area contributed by atoms with Crippen LogP contribution in [0.5, 0.6) is 0 Å². The second-order valence-electron chi connectivity index (χ2n) is 8.14. The van der Waals surface area contributed by atoms with E-state index >= 15 is 0 Å². The maximum Gasteiger partial charge on any atom is 0.261 e. The molecule has 0 radical (unpaired) electrons. The minimum atomic E-state index is -0.476. The zero-order valence-electron chi connectivity index (χ0n) is 17.6. The number of anilines is 1. The molecule has 4 rings (SSSR count). The van der Waals surface area contributed by atoms with Crippen molar-refractivity contribution in [2.45, 2.75) is 45.6 Å². The zero-order chi connectivity index (χ0) is 21.8. The van der Waals surface area contributed by atoms with Crippen LogP contribution in [0, 0.1) is 12.8 Å². The highest BCUT2D eigenvalue weighted by Crippen LogP contribution is 2.29. The fraction of sp³-hybridized carbons (Fsp3) is 0.320. The van der Waals surface area contributed by atoms with E-state index in [-0.39, 0.29) is 11.0 Å². The molecule has 0 spiro atoms. The highest BCUT2D eigenvalue weighted by Gasteiger charge is 2.25. The van der Waals surface area contributed by atoms with Gasteiger partial charge in [-0.1, -0.05) is 49.1 Å². The number of hydrogen-bond donors (Lipinski definition) is 1. The molecule has 0 unspecified atom stereocenters. The molecule has 1 fully saturated rings. The number of rotatable bonds is 5. The lowest BCUT2D eigenvalue weighted by Crippen LogP contribution is -2.28. The van der Waals surface area contributed by atoms with E-state index in [2.05, 4.69) is 14.9 Å². The summed E-state index contributed by atoms with van der Waals surface area (Å²) < 4.78 is 2.10. The van der Waals surface area contributed by atoms with Gasteiger partial charge in [-0.15, -0.1) is 0 Å². The Balaban J connectivity index is 1.83. The van der Waals surface area contributed by atoms with Crippen LogP contribution in [0.3, 0.4) is 0 Å². The summed E-state index contributed by atoms with van der Waals surface area (Å²) in [6.07, 6.45) is 7.73. The molecule has 5 nitrogen and oxygen atoms in total. The number of aryl methyl sites for hydroxylation is 1. The van der Waals surface area contributed by atoms with Crippen LogP contribution in [-0.4, -0.2) is 15.5 Å². The molecule has 6 heteroatoms. The topological polar surface area (TPSA) is 64.0 Å². The van der Waals surface area contributed by atoms with Crippen molar-refractivity contribution < 1.29 is 4.79 Å². The first-order chi connectivity index (χ1) is 15.0. The summed E-state index contributed by atoms with van der Waals surface area (Å²) in [7, 11) is 0. The number of carbonyl (C=O) groups is 1. The van der Waals surface area contributed by atoms with Crippen LogP contribution >= 0.6 is 11.6 Å². The molecule has 1 N–H and O–H groups in total. The molecule has 160 valence electrons. The van der Waals surface area contributed by atoms with Crippen molar-refractivity contribution in [1.29, 1.82) is 0 Å². The maximum atomic E-state index is 13.3. The maximum absolute atomic E-state index is 13.3. The Morgan fingerprint density at radius 3 is 2.58 bits per heavy atom. The third kappa shape index (κ3) is 4.72. The Kier molecular flexibility index (Phi) is 6.52. The molecule has 3 aromatic rings. The van der Waals surface area contributed by atoms with Gasteiger partial charge in [0.1, 0.15) is 5.56 Å². The number of hydrogen-bond acceptors (Lipinski definition) is 3. The lowest BCUT2D eigenvalue weighted by Gasteiger charge is -2.27. The first kappa shape index (κ1) is 21.3. The van der Waals surface area contributed by atoms with Gasteiger partial charge in [-0.3, -0.25) is 14.6 Å². The lowest BCUT2D eigenvalue weighted by molar-refractivity contribution is 0.102. The molecule has 1 aliphatic carbocycles. The summed E-state index contributed by atoms with van der Waals surface area (Å²) in [5.74, 6) is 0.0491. The van der Waals surface area contributed by atoms with Crippen molar-refractivity contribution in [3.8, 4) is 11.4 Å². The average molecular weight is 436 g/mol. The van der Waals surface area contributed by atoms with Crippen LogP contribution in [0.25, 0.3) is 11.4 Å². The minimum absolute atomic E-state index is 0.0972. The fourth-order valence-electron chi connectivity index (χ4n) is 4.37. The van der Waals surface area contributed by atoms with E-state index in [1.54, 1.807) is 36.5 Å². The lowest BCUT2D eigenvalue weighted by atomic mass is 9.89. The van der Waals surface area contributed by atoms with Gasteiger partial charge in [0, 0.05) is 24.5 Å². The Morgan fingerprint density at radius 1 is 1.13 bits per heavy atom. The monoisotopic (exact) mass is 435 g/mol. The van der Waals surface area contributed by atoms with Gasteiger partial charge in [-0.05, 0) is 49.9 Å². The van der Waals surface area contributed by atoms with E-state index in [9.17, 15) is 9.59 Å². The van der Waals surface area contributed by atoms with Crippen molar-refractivity contribution >= 4 is 23.2 Å². The normalized spacial score (nSPS) is 14.4. The van der Waals surface area contributed by atoms with Crippen LogP contribution < -0.4 is 10.7 Å². The predicted octanol–water partition coefficient (Wildman–Crippen LogP) is 5.70. The summed E-state index contributed by atoms with van der Waals surface area (Å²) in [6, 6.07) is 14.1. The molecular formula is C25H26ClN3O2. The van der Waals surface area contributed by atoms with E-state index in [1.807, 2.05) is 25.1 Å². The Morgan fingerprint density at radius 2 is 1.87 bits per heavy atom. The van der Waals surface area contributed by atoms with Crippen molar-refractivity contribution in [1.82, 2.24) is 9.55 Å². The summed E-state index contributed by atoms with van der Waals surface area (Å²) in [6.45, 7) is 2.69. The van der Waals surface area contributed by atoms with Crippen molar-refractivity contribution in [3.63, 3.8) is 0 Å². The number of pyridine rings is 2. The van der Waals surface area contributed by atoms with E-state index < -0.39 is 5.91 Å². The molecule has 2 heterocycles. The SMILES string of the molecule is Cc1cc(=O)c(C(=O)Nc2ccccc2Cl)c(-c2ccccn2)n1CC1CCCCC1. The van der Waals surface area contributed by atoms with Crippen LogP contribution in [0.2, 0.25) is 5.02 Å². The quantitative estimate of drug-likeness (QED) is 0.558. The molecule has 1 aromatic carbocycles. The fourth-order valence-corrected chi connectivity index (χ4v) is 4.55. The number of amides is 1. The smallest absolute Gasteiger partial charge is 0.261 e. The number of nitrogens with zero attached hydrogens (tertiary/aromatic N) is 2. The molecule has 0 aliphatic heterocycles. The largest absolute Gasteiger partial charge is 0.342 e. The van der Waals surface area contributed by atoms with Crippen LogP contribution in [0.4, 0.5) is 5.69 Å². The standard InChI is InChI=1S/C25H26ClN3O2/c1-17-15-22(30)23(25(31)28-20-12-6-5-11-19(20)26)24(21-13-7-8-14-27-21)29(17)16-18-9-3-2-4-10-18/h5-8,11-15,18H,2-4,9-10,16H2,1H3,(H,28,31). The van der Waals surface area contributed by atoms with Crippen LogP contribution in [-0.2, 0) is 6.54 Å². The number of carbonyl (C=O) groups excluding carboxylic acids is 1. The Bertz CT molecular complexity index is 1140. The number of nitrogens with one attached hydrogen (secondary N) is 1. The Labute approximate surface area is 187 Å². The molecule has 1 amide bonds. The molecule has 0 bridgehead atoms. The van der Waals surface area contributed by atoms with Gasteiger partial charge < -0.3 is 9.88 Å². The number of aromatic nitrogens is 2. The van der Waals surface area contributed by atoms with Gasteiger partial charge >= 0.3 is 0 Å². The van der Waals surface area contributed by atoms with Gasteiger partial charge in [0.05, 0.1) is 22.1 Å². The van der Waals surface area contributed by atoms with Gasteiger partial charge in [-0.2, -0.15) is 0 Å². The highest BCUT2D eigenvalue weighted by atomic mass is 35.5. The summed E-state index contributed by atoms with van der Waals surface area (Å²) >= 11 is 6.23. The predicted molar refractivity (Wildman–Crippen MR) is 125 cm³/mol. The van der Waals surface area contributed by atoms with Crippen molar-refractivity contribution in [2.24, 2.45) is 5.92 Å². The van der Waals surface area contributed by atoms with E-state index in [0.717, 1.165) is 25.1 Å². The highest BCUT2D eigenvalue weighted by molar-refractivity contribution is 6.34. The summed E-state index contributed by atoms with van der Waals surface area (Å²) in [5.41, 5.74) is 2.28. The molecule has 2 aromatic heterocycles.